The molecule has 0 aromatic carbocycles. The van der Waals surface area contributed by atoms with Gasteiger partial charge in [-0.15, -0.1) is 0 Å². The Kier molecular flexibility index (Phi) is 7.29. The largest absolute Gasteiger partial charge is 0.480 e. The van der Waals surface area contributed by atoms with Crippen molar-refractivity contribution in [3.63, 3.8) is 0 Å². The molecule has 2 atom stereocenters. The number of carboxylic acid groups (broad SMARTS) is 1. The predicted octanol–water partition coefficient (Wildman–Crippen LogP) is 0.556. The molecular weight excluding hydrogens is 224 g/mol. The third kappa shape index (κ3) is 6.11. The van der Waals surface area contributed by atoms with Gasteiger partial charge in [-0.2, -0.15) is 0 Å². The van der Waals surface area contributed by atoms with Gasteiger partial charge in [-0.05, 0) is 12.3 Å². The first-order valence-corrected chi connectivity index (χ1v) is 5.83. The van der Waals surface area contributed by atoms with Gasteiger partial charge in [0.2, 0.25) is 0 Å². The maximum Gasteiger partial charge on any atom is 0.326 e. The van der Waals surface area contributed by atoms with Crippen LogP contribution in [0.5, 0.6) is 0 Å². The fourth-order valence-corrected chi connectivity index (χ4v) is 1.49. The van der Waals surface area contributed by atoms with Crippen molar-refractivity contribution in [1.82, 2.24) is 10.6 Å². The van der Waals surface area contributed by atoms with E-state index in [9.17, 15) is 9.59 Å². The topological polar surface area (TPSA) is 98.7 Å². The van der Waals surface area contributed by atoms with Crippen LogP contribution in [0.25, 0.3) is 0 Å². The van der Waals surface area contributed by atoms with Crippen LogP contribution in [0.3, 0.4) is 0 Å². The maximum atomic E-state index is 11.5. The molecule has 0 saturated heterocycles. The molecule has 0 rings (SSSR count). The van der Waals surface area contributed by atoms with Crippen LogP contribution >= 0.6 is 0 Å². The molecule has 0 spiro atoms. The van der Waals surface area contributed by atoms with E-state index in [2.05, 4.69) is 10.6 Å². The van der Waals surface area contributed by atoms with E-state index in [4.69, 9.17) is 10.2 Å². The quantitative estimate of drug-likeness (QED) is 0.527. The minimum Gasteiger partial charge on any atom is -0.480 e. The van der Waals surface area contributed by atoms with Gasteiger partial charge in [-0.1, -0.05) is 20.8 Å². The van der Waals surface area contributed by atoms with E-state index >= 15 is 0 Å². The molecule has 17 heavy (non-hydrogen) atoms. The van der Waals surface area contributed by atoms with Gasteiger partial charge in [0.25, 0.3) is 0 Å². The number of rotatable bonds is 7. The van der Waals surface area contributed by atoms with Crippen molar-refractivity contribution in [3.05, 3.63) is 0 Å². The highest BCUT2D eigenvalue weighted by Crippen LogP contribution is 2.05. The predicted molar refractivity (Wildman–Crippen MR) is 63.7 cm³/mol. The molecule has 0 fully saturated rings. The van der Waals surface area contributed by atoms with Crippen molar-refractivity contribution in [1.29, 1.82) is 0 Å². The molecule has 2 amide bonds. The van der Waals surface area contributed by atoms with Gasteiger partial charge in [0, 0.05) is 19.1 Å². The third-order valence-electron chi connectivity index (χ3n) is 2.58. The summed E-state index contributed by atoms with van der Waals surface area (Å²) < 4.78 is 0. The number of hydrogen-bond acceptors (Lipinski definition) is 3. The van der Waals surface area contributed by atoms with E-state index in [0.29, 0.717) is 0 Å². The summed E-state index contributed by atoms with van der Waals surface area (Å²) in [7, 11) is 0. The Morgan fingerprint density at radius 3 is 2.18 bits per heavy atom. The van der Waals surface area contributed by atoms with E-state index in [0.717, 1.165) is 6.42 Å². The Hall–Kier alpha value is -1.30. The number of aliphatic carboxylic acids is 1. The summed E-state index contributed by atoms with van der Waals surface area (Å²) in [5, 5.41) is 22.5. The van der Waals surface area contributed by atoms with Crippen molar-refractivity contribution in [2.45, 2.75) is 45.7 Å². The van der Waals surface area contributed by atoms with Crippen molar-refractivity contribution in [2.24, 2.45) is 5.92 Å². The normalized spacial score (nSPS) is 14.2. The number of carbonyl (C=O) groups excluding carboxylic acids is 1. The van der Waals surface area contributed by atoms with Gasteiger partial charge in [0.15, 0.2) is 0 Å². The number of aliphatic hydroxyl groups excluding tert-OH is 1. The van der Waals surface area contributed by atoms with Crippen LogP contribution in [-0.4, -0.2) is 40.9 Å². The van der Waals surface area contributed by atoms with Gasteiger partial charge in [-0.25, -0.2) is 9.59 Å². The number of carboxylic acids is 1. The minimum atomic E-state index is -1.15. The van der Waals surface area contributed by atoms with E-state index in [1.807, 2.05) is 20.8 Å². The zero-order valence-corrected chi connectivity index (χ0v) is 10.6. The zero-order valence-electron chi connectivity index (χ0n) is 10.6. The molecule has 4 N–H and O–H groups in total. The number of urea groups is 1. The SMILES string of the molecule is CCC(NC(=O)NC(CCO)C(=O)O)C(C)C. The molecule has 0 radical (unpaired) electrons. The molecule has 0 aliphatic carbocycles. The summed E-state index contributed by atoms with van der Waals surface area (Å²) in [4.78, 5) is 22.3. The molecule has 100 valence electrons. The standard InChI is InChI=1S/C11H22N2O4/c1-4-8(7(2)3)12-11(17)13-9(5-6-14)10(15)16/h7-9,14H,4-6H2,1-3H3,(H,15,16)(H2,12,13,17). The van der Waals surface area contributed by atoms with Crippen LogP contribution in [0.4, 0.5) is 4.79 Å². The summed E-state index contributed by atoms with van der Waals surface area (Å²) >= 11 is 0. The second-order valence-electron chi connectivity index (χ2n) is 4.28. The second-order valence-corrected chi connectivity index (χ2v) is 4.28. The van der Waals surface area contributed by atoms with Crippen molar-refractivity contribution >= 4 is 12.0 Å². The van der Waals surface area contributed by atoms with E-state index < -0.39 is 18.0 Å². The average molecular weight is 246 g/mol. The summed E-state index contributed by atoms with van der Waals surface area (Å²) in [6, 6.07) is -1.55. The van der Waals surface area contributed by atoms with Gasteiger partial charge < -0.3 is 20.8 Å². The number of carbonyl (C=O) groups is 2. The van der Waals surface area contributed by atoms with Crippen LogP contribution in [0, 0.1) is 5.92 Å². The smallest absolute Gasteiger partial charge is 0.326 e. The Morgan fingerprint density at radius 1 is 1.24 bits per heavy atom. The van der Waals surface area contributed by atoms with E-state index in [-0.39, 0.29) is 25.0 Å². The number of nitrogens with one attached hydrogen (secondary N) is 2. The lowest BCUT2D eigenvalue weighted by molar-refractivity contribution is -0.139. The molecular formula is C11H22N2O4. The number of amides is 2. The van der Waals surface area contributed by atoms with Gasteiger partial charge in [0.1, 0.15) is 6.04 Å². The van der Waals surface area contributed by atoms with Crippen LogP contribution in [0.2, 0.25) is 0 Å². The van der Waals surface area contributed by atoms with Crippen LogP contribution in [-0.2, 0) is 4.79 Å². The summed E-state index contributed by atoms with van der Waals surface area (Å²) in [6.07, 6.45) is 0.782. The Labute approximate surface area is 101 Å². The summed E-state index contributed by atoms with van der Waals surface area (Å²) in [6.45, 7) is 5.64. The van der Waals surface area contributed by atoms with Gasteiger partial charge >= 0.3 is 12.0 Å². The lowest BCUT2D eigenvalue weighted by Gasteiger charge is -2.22. The fourth-order valence-electron chi connectivity index (χ4n) is 1.49. The van der Waals surface area contributed by atoms with Crippen LogP contribution in [0.15, 0.2) is 0 Å². The van der Waals surface area contributed by atoms with Gasteiger partial charge in [0.05, 0.1) is 0 Å². The number of hydrogen-bond donors (Lipinski definition) is 4. The van der Waals surface area contributed by atoms with Crippen molar-refractivity contribution in [2.75, 3.05) is 6.61 Å². The molecule has 6 heteroatoms. The molecule has 0 bridgehead atoms. The molecule has 0 aromatic rings. The Morgan fingerprint density at radius 2 is 1.82 bits per heavy atom. The molecule has 6 nitrogen and oxygen atoms in total. The summed E-state index contributed by atoms with van der Waals surface area (Å²) in [5.41, 5.74) is 0. The lowest BCUT2D eigenvalue weighted by Crippen LogP contribution is -2.50. The molecule has 0 heterocycles. The van der Waals surface area contributed by atoms with E-state index in [1.54, 1.807) is 0 Å². The first-order valence-electron chi connectivity index (χ1n) is 5.83. The Balaban J connectivity index is 4.26. The molecule has 0 aromatic heterocycles. The maximum absolute atomic E-state index is 11.5. The summed E-state index contributed by atoms with van der Waals surface area (Å²) in [5.74, 6) is -0.862. The highest BCUT2D eigenvalue weighted by atomic mass is 16.4. The fraction of sp³-hybridized carbons (Fsp3) is 0.818. The second kappa shape index (κ2) is 7.89. The highest BCUT2D eigenvalue weighted by Gasteiger charge is 2.21. The first-order chi connectivity index (χ1) is 7.92. The molecule has 0 aliphatic heterocycles. The average Bonchev–Trinajstić information content (AvgIpc) is 2.24. The molecule has 0 aliphatic rings. The van der Waals surface area contributed by atoms with Crippen LogP contribution < -0.4 is 10.6 Å². The molecule has 2 unspecified atom stereocenters. The first kappa shape index (κ1) is 15.7. The lowest BCUT2D eigenvalue weighted by atomic mass is 10.0. The zero-order chi connectivity index (χ0) is 13.4. The Bertz CT molecular complexity index is 256. The van der Waals surface area contributed by atoms with Crippen molar-refractivity contribution < 1.29 is 19.8 Å². The number of aliphatic hydroxyl groups is 1. The molecule has 0 saturated carbocycles. The minimum absolute atomic E-state index is 0.00121. The van der Waals surface area contributed by atoms with Crippen LogP contribution in [0.1, 0.15) is 33.6 Å². The third-order valence-corrected chi connectivity index (χ3v) is 2.58. The van der Waals surface area contributed by atoms with Gasteiger partial charge in [-0.3, -0.25) is 0 Å². The highest BCUT2D eigenvalue weighted by molar-refractivity contribution is 5.82. The monoisotopic (exact) mass is 246 g/mol. The van der Waals surface area contributed by atoms with E-state index in [1.165, 1.54) is 0 Å². The van der Waals surface area contributed by atoms with Crippen molar-refractivity contribution in [3.8, 4) is 0 Å².